The Morgan fingerprint density at radius 3 is 2.44 bits per heavy atom. The Balaban J connectivity index is 3.66. The van der Waals surface area contributed by atoms with Crippen LogP contribution < -0.4 is 10.6 Å². The van der Waals surface area contributed by atoms with E-state index < -0.39 is 0 Å². The molecule has 0 aliphatic carbocycles. The zero-order valence-corrected chi connectivity index (χ0v) is 12.5. The summed E-state index contributed by atoms with van der Waals surface area (Å²) in [5.74, 6) is 0.874. The monoisotopic (exact) mass is 258 g/mol. The second-order valence-corrected chi connectivity index (χ2v) is 4.21. The van der Waals surface area contributed by atoms with Gasteiger partial charge >= 0.3 is 0 Å². The van der Waals surface area contributed by atoms with E-state index in [1.54, 1.807) is 14.2 Å². The molecule has 0 aromatic heterocycles. The Hall–Kier alpha value is -0.810. The summed E-state index contributed by atoms with van der Waals surface area (Å²) in [5, 5.41) is 6.59. The maximum atomic E-state index is 5.00. The molecule has 0 aliphatic rings. The Morgan fingerprint density at radius 2 is 1.89 bits per heavy atom. The summed E-state index contributed by atoms with van der Waals surface area (Å²) in [6, 6.07) is 0. The lowest BCUT2D eigenvalue weighted by Gasteiger charge is -2.20. The van der Waals surface area contributed by atoms with Gasteiger partial charge in [-0.25, -0.2) is 0 Å². The van der Waals surface area contributed by atoms with Gasteiger partial charge in [-0.1, -0.05) is 13.8 Å². The fourth-order valence-electron chi connectivity index (χ4n) is 1.72. The number of guanidine groups is 1. The summed E-state index contributed by atoms with van der Waals surface area (Å²) < 4.78 is 5.00. The Labute approximate surface area is 112 Å². The van der Waals surface area contributed by atoms with E-state index in [1.807, 2.05) is 0 Å². The van der Waals surface area contributed by atoms with E-state index in [0.717, 1.165) is 51.7 Å². The number of nitrogens with zero attached hydrogens (tertiary/aromatic N) is 2. The number of hydrogen-bond acceptors (Lipinski definition) is 3. The van der Waals surface area contributed by atoms with Gasteiger partial charge in [0.15, 0.2) is 5.96 Å². The molecule has 0 saturated heterocycles. The average molecular weight is 258 g/mol. The van der Waals surface area contributed by atoms with Crippen molar-refractivity contribution in [2.75, 3.05) is 53.5 Å². The van der Waals surface area contributed by atoms with Crippen molar-refractivity contribution in [3.05, 3.63) is 0 Å². The molecule has 0 bridgehead atoms. The van der Waals surface area contributed by atoms with Crippen molar-refractivity contribution in [1.82, 2.24) is 15.5 Å². The van der Waals surface area contributed by atoms with E-state index in [2.05, 4.69) is 34.4 Å². The second kappa shape index (κ2) is 12.6. The van der Waals surface area contributed by atoms with E-state index in [1.165, 1.54) is 6.42 Å². The molecule has 0 amide bonds. The lowest BCUT2D eigenvalue weighted by Crippen LogP contribution is -2.42. The van der Waals surface area contributed by atoms with Crippen LogP contribution in [0.2, 0.25) is 0 Å². The van der Waals surface area contributed by atoms with Gasteiger partial charge in [0.2, 0.25) is 0 Å². The smallest absolute Gasteiger partial charge is 0.191 e. The Kier molecular flexibility index (Phi) is 12.1. The van der Waals surface area contributed by atoms with Crippen LogP contribution in [0.5, 0.6) is 0 Å². The molecule has 2 N–H and O–H groups in total. The van der Waals surface area contributed by atoms with Crippen LogP contribution in [0.1, 0.15) is 26.7 Å². The molecule has 0 saturated carbocycles. The predicted octanol–water partition coefficient (Wildman–Crippen LogP) is 0.920. The summed E-state index contributed by atoms with van der Waals surface area (Å²) in [5.41, 5.74) is 0. The third-order valence-electron chi connectivity index (χ3n) is 2.75. The van der Waals surface area contributed by atoms with Gasteiger partial charge in [-0.05, 0) is 25.9 Å². The van der Waals surface area contributed by atoms with Crippen LogP contribution in [0, 0.1) is 0 Å². The predicted molar refractivity (Wildman–Crippen MR) is 78.3 cm³/mol. The van der Waals surface area contributed by atoms with Crippen molar-refractivity contribution in [1.29, 1.82) is 0 Å². The highest BCUT2D eigenvalue weighted by Crippen LogP contribution is 1.89. The van der Waals surface area contributed by atoms with Crippen LogP contribution in [-0.4, -0.2) is 64.3 Å². The highest BCUT2D eigenvalue weighted by atomic mass is 16.5. The summed E-state index contributed by atoms with van der Waals surface area (Å²) in [7, 11) is 3.52. The first-order chi connectivity index (χ1) is 8.78. The van der Waals surface area contributed by atoms with Gasteiger partial charge in [0.25, 0.3) is 0 Å². The molecular formula is C13H30N4O. The first-order valence-corrected chi connectivity index (χ1v) is 6.94. The molecule has 0 rings (SSSR count). The minimum Gasteiger partial charge on any atom is -0.385 e. The van der Waals surface area contributed by atoms with Gasteiger partial charge in [-0.3, -0.25) is 4.99 Å². The largest absolute Gasteiger partial charge is 0.385 e. The molecule has 5 nitrogen and oxygen atoms in total. The fourth-order valence-corrected chi connectivity index (χ4v) is 1.72. The van der Waals surface area contributed by atoms with Crippen molar-refractivity contribution in [2.24, 2.45) is 4.99 Å². The van der Waals surface area contributed by atoms with E-state index in [-0.39, 0.29) is 0 Å². The van der Waals surface area contributed by atoms with Crippen LogP contribution in [-0.2, 0) is 4.74 Å². The third-order valence-corrected chi connectivity index (χ3v) is 2.75. The number of methoxy groups -OCH3 is 1. The summed E-state index contributed by atoms with van der Waals surface area (Å²) in [4.78, 5) is 6.63. The molecular weight excluding hydrogens is 228 g/mol. The molecule has 18 heavy (non-hydrogen) atoms. The van der Waals surface area contributed by atoms with Crippen LogP contribution in [0.3, 0.4) is 0 Å². The second-order valence-electron chi connectivity index (χ2n) is 4.21. The van der Waals surface area contributed by atoms with E-state index in [4.69, 9.17) is 4.74 Å². The van der Waals surface area contributed by atoms with E-state index in [0.29, 0.717) is 0 Å². The topological polar surface area (TPSA) is 48.9 Å². The zero-order valence-electron chi connectivity index (χ0n) is 12.5. The fraction of sp³-hybridized carbons (Fsp3) is 0.923. The van der Waals surface area contributed by atoms with Crippen molar-refractivity contribution in [2.45, 2.75) is 26.7 Å². The summed E-state index contributed by atoms with van der Waals surface area (Å²) in [6.07, 6.45) is 2.20. The van der Waals surface area contributed by atoms with Gasteiger partial charge in [-0.2, -0.15) is 0 Å². The maximum Gasteiger partial charge on any atom is 0.191 e. The van der Waals surface area contributed by atoms with Crippen LogP contribution in [0.25, 0.3) is 0 Å². The van der Waals surface area contributed by atoms with Gasteiger partial charge in [0.1, 0.15) is 0 Å². The van der Waals surface area contributed by atoms with Crippen molar-refractivity contribution in [3.63, 3.8) is 0 Å². The normalized spacial score (nSPS) is 11.9. The van der Waals surface area contributed by atoms with Crippen LogP contribution in [0.4, 0.5) is 0 Å². The third kappa shape index (κ3) is 9.24. The molecule has 0 spiro atoms. The Morgan fingerprint density at radius 1 is 1.17 bits per heavy atom. The number of ether oxygens (including phenoxy) is 1. The lowest BCUT2D eigenvalue weighted by molar-refractivity contribution is 0.195. The number of aliphatic imine (C=N–C) groups is 1. The minimum atomic E-state index is 0.782. The van der Waals surface area contributed by atoms with E-state index in [9.17, 15) is 0 Å². The first kappa shape index (κ1) is 17.2. The first-order valence-electron chi connectivity index (χ1n) is 6.94. The number of nitrogens with one attached hydrogen (secondary N) is 2. The highest BCUT2D eigenvalue weighted by molar-refractivity contribution is 5.79. The van der Waals surface area contributed by atoms with Gasteiger partial charge in [0, 0.05) is 40.4 Å². The molecule has 0 fully saturated rings. The maximum absolute atomic E-state index is 5.00. The molecule has 108 valence electrons. The molecule has 0 unspecified atom stereocenters. The molecule has 0 aliphatic heterocycles. The number of likely N-dealkylation sites (N-methyl/N-ethyl adjacent to an activating group) is 1. The standard InChI is InChI=1S/C13H30N4O/c1-5-10-17(6-2)11-9-16-13(14-3)15-8-7-12-18-4/h5-12H2,1-4H3,(H2,14,15,16). The summed E-state index contributed by atoms with van der Waals surface area (Å²) in [6.45, 7) is 10.3. The quantitative estimate of drug-likeness (QED) is 0.347. The van der Waals surface area contributed by atoms with Crippen molar-refractivity contribution in [3.8, 4) is 0 Å². The van der Waals surface area contributed by atoms with Gasteiger partial charge < -0.3 is 20.3 Å². The molecule has 5 heteroatoms. The number of rotatable bonds is 10. The van der Waals surface area contributed by atoms with Gasteiger partial charge in [-0.15, -0.1) is 0 Å². The molecule has 0 aromatic rings. The molecule has 0 radical (unpaired) electrons. The highest BCUT2D eigenvalue weighted by Gasteiger charge is 2.01. The summed E-state index contributed by atoms with van der Waals surface area (Å²) >= 11 is 0. The Bertz CT molecular complexity index is 209. The van der Waals surface area contributed by atoms with Crippen molar-refractivity contribution >= 4 is 5.96 Å². The lowest BCUT2D eigenvalue weighted by atomic mass is 10.4. The number of hydrogen-bond donors (Lipinski definition) is 2. The van der Waals surface area contributed by atoms with Crippen LogP contribution in [0.15, 0.2) is 4.99 Å². The van der Waals surface area contributed by atoms with Gasteiger partial charge in [0.05, 0.1) is 0 Å². The average Bonchev–Trinajstić information content (AvgIpc) is 2.40. The molecule has 0 atom stereocenters. The molecule has 0 heterocycles. The van der Waals surface area contributed by atoms with Crippen LogP contribution >= 0.6 is 0 Å². The minimum absolute atomic E-state index is 0.782. The molecule has 0 aromatic carbocycles. The zero-order chi connectivity index (χ0) is 13.6. The van der Waals surface area contributed by atoms with Crippen molar-refractivity contribution < 1.29 is 4.74 Å². The SMILES string of the molecule is CCCN(CC)CCNC(=NC)NCCCOC. The van der Waals surface area contributed by atoms with E-state index >= 15 is 0 Å².